The van der Waals surface area contributed by atoms with Gasteiger partial charge in [0.1, 0.15) is 11.3 Å². The second-order valence-electron chi connectivity index (χ2n) is 5.71. The quantitative estimate of drug-likeness (QED) is 0.564. The highest BCUT2D eigenvalue weighted by Crippen LogP contribution is 2.34. The molecule has 7 heteroatoms. The lowest BCUT2D eigenvalue weighted by molar-refractivity contribution is -0.144. The van der Waals surface area contributed by atoms with Gasteiger partial charge in [0.25, 0.3) is 0 Å². The van der Waals surface area contributed by atoms with Crippen LogP contribution < -0.4 is 4.74 Å². The number of ether oxygens (including phenoxy) is 3. The highest BCUT2D eigenvalue weighted by atomic mass is 16.5. The van der Waals surface area contributed by atoms with Crippen molar-refractivity contribution in [3.8, 4) is 5.75 Å². The van der Waals surface area contributed by atoms with E-state index in [1.54, 1.807) is 51.1 Å². The number of carbonyl (C=O) groups is 3. The Bertz CT molecular complexity index is 824. The number of H-pyrrole nitrogens is 1. The lowest BCUT2D eigenvalue weighted by Gasteiger charge is -2.11. The number of aromatic nitrogens is 1. The Labute approximate surface area is 157 Å². The summed E-state index contributed by atoms with van der Waals surface area (Å²) in [6, 6.07) is 8.57. The topological polar surface area (TPSA) is 94.7 Å². The number of methoxy groups -OCH3 is 1. The van der Waals surface area contributed by atoms with Crippen molar-refractivity contribution < 1.29 is 28.6 Å². The molecule has 0 saturated heterocycles. The maximum absolute atomic E-state index is 12.9. The third kappa shape index (κ3) is 4.19. The van der Waals surface area contributed by atoms with E-state index in [0.717, 1.165) is 0 Å². The molecule has 2 rings (SSSR count). The van der Waals surface area contributed by atoms with Crippen LogP contribution in [0.5, 0.6) is 5.75 Å². The second-order valence-corrected chi connectivity index (χ2v) is 5.71. The SMILES string of the molecule is CCOC(=O)c1c(C(C)C(=O)OCC)[nH]c(C(=O)c2ccccc2)c1OC. The summed E-state index contributed by atoms with van der Waals surface area (Å²) in [6.07, 6.45) is 0. The Morgan fingerprint density at radius 2 is 1.67 bits per heavy atom. The molecule has 1 aromatic heterocycles. The van der Waals surface area contributed by atoms with Crippen LogP contribution in [0.2, 0.25) is 0 Å². The van der Waals surface area contributed by atoms with Gasteiger partial charge in [-0.05, 0) is 20.8 Å². The fourth-order valence-electron chi connectivity index (χ4n) is 2.71. The van der Waals surface area contributed by atoms with Crippen LogP contribution in [0.3, 0.4) is 0 Å². The van der Waals surface area contributed by atoms with Crippen molar-refractivity contribution in [2.75, 3.05) is 20.3 Å². The zero-order valence-electron chi connectivity index (χ0n) is 15.8. The first-order chi connectivity index (χ1) is 13.0. The van der Waals surface area contributed by atoms with Crippen LogP contribution in [-0.4, -0.2) is 43.0 Å². The summed E-state index contributed by atoms with van der Waals surface area (Å²) in [4.78, 5) is 40.5. The lowest BCUT2D eigenvalue weighted by Crippen LogP contribution is -2.17. The van der Waals surface area contributed by atoms with Gasteiger partial charge in [0, 0.05) is 11.3 Å². The van der Waals surface area contributed by atoms with Crippen LogP contribution >= 0.6 is 0 Å². The summed E-state index contributed by atoms with van der Waals surface area (Å²) in [5, 5.41) is 0. The summed E-state index contributed by atoms with van der Waals surface area (Å²) in [5.41, 5.74) is 0.753. The Kier molecular flexibility index (Phi) is 6.76. The van der Waals surface area contributed by atoms with E-state index >= 15 is 0 Å². The minimum Gasteiger partial charge on any atom is -0.493 e. The number of aromatic amines is 1. The van der Waals surface area contributed by atoms with E-state index in [1.165, 1.54) is 7.11 Å². The first kappa shape index (κ1) is 20.2. The molecule has 0 amide bonds. The molecule has 7 nitrogen and oxygen atoms in total. The fraction of sp³-hybridized carbons (Fsp3) is 0.350. The molecule has 1 atom stereocenters. The third-order valence-electron chi connectivity index (χ3n) is 4.00. The zero-order chi connectivity index (χ0) is 20.0. The van der Waals surface area contributed by atoms with Crippen molar-refractivity contribution >= 4 is 17.7 Å². The first-order valence-electron chi connectivity index (χ1n) is 8.69. The van der Waals surface area contributed by atoms with Gasteiger partial charge in [-0.25, -0.2) is 4.79 Å². The first-order valence-corrected chi connectivity index (χ1v) is 8.69. The van der Waals surface area contributed by atoms with Crippen molar-refractivity contribution in [3.05, 3.63) is 52.8 Å². The van der Waals surface area contributed by atoms with Gasteiger partial charge < -0.3 is 19.2 Å². The highest BCUT2D eigenvalue weighted by molar-refractivity contribution is 6.12. The van der Waals surface area contributed by atoms with Gasteiger partial charge in [-0.1, -0.05) is 30.3 Å². The normalized spacial score (nSPS) is 11.6. The summed E-state index contributed by atoms with van der Waals surface area (Å²) in [6.45, 7) is 5.29. The molecule has 0 saturated carbocycles. The monoisotopic (exact) mass is 373 g/mol. The molecule has 1 unspecified atom stereocenters. The largest absolute Gasteiger partial charge is 0.493 e. The van der Waals surface area contributed by atoms with E-state index in [4.69, 9.17) is 14.2 Å². The van der Waals surface area contributed by atoms with Gasteiger partial charge in [-0.3, -0.25) is 9.59 Å². The Balaban J connectivity index is 2.61. The number of rotatable bonds is 8. The molecular formula is C20H23NO6. The molecule has 0 aliphatic rings. The van der Waals surface area contributed by atoms with Crippen LogP contribution in [0.1, 0.15) is 58.8 Å². The molecule has 27 heavy (non-hydrogen) atoms. The Morgan fingerprint density at radius 3 is 2.22 bits per heavy atom. The summed E-state index contributed by atoms with van der Waals surface area (Å²) < 4.78 is 15.5. The predicted octanol–water partition coefficient (Wildman–Crippen LogP) is 3.10. The van der Waals surface area contributed by atoms with E-state index in [1.807, 2.05) is 0 Å². The molecule has 1 aromatic carbocycles. The number of hydrogen-bond acceptors (Lipinski definition) is 6. The second kappa shape index (κ2) is 9.02. The van der Waals surface area contributed by atoms with Crippen LogP contribution in [0.4, 0.5) is 0 Å². The molecule has 2 aromatic rings. The van der Waals surface area contributed by atoms with Crippen LogP contribution in [-0.2, 0) is 14.3 Å². The molecular weight excluding hydrogens is 350 g/mol. The van der Waals surface area contributed by atoms with Crippen molar-refractivity contribution in [2.24, 2.45) is 0 Å². The summed E-state index contributed by atoms with van der Waals surface area (Å²) in [5.74, 6) is -2.32. The van der Waals surface area contributed by atoms with Crippen LogP contribution in [0.25, 0.3) is 0 Å². The minimum absolute atomic E-state index is 0.0270. The standard InChI is InChI=1S/C20H23NO6/c1-5-26-19(23)12(3)15-14(20(24)27-6-2)18(25-4)16(21-15)17(22)13-10-8-7-9-11-13/h7-12,21H,5-6H2,1-4H3. The van der Waals surface area contributed by atoms with E-state index in [9.17, 15) is 14.4 Å². The van der Waals surface area contributed by atoms with Crippen LogP contribution in [0, 0.1) is 0 Å². The number of esters is 2. The molecule has 0 aliphatic carbocycles. The highest BCUT2D eigenvalue weighted by Gasteiger charge is 2.33. The summed E-state index contributed by atoms with van der Waals surface area (Å²) >= 11 is 0. The lowest BCUT2D eigenvalue weighted by atomic mass is 10.0. The van der Waals surface area contributed by atoms with Crippen molar-refractivity contribution in [3.63, 3.8) is 0 Å². The number of nitrogens with one attached hydrogen (secondary N) is 1. The zero-order valence-corrected chi connectivity index (χ0v) is 15.8. The van der Waals surface area contributed by atoms with Crippen molar-refractivity contribution in [1.29, 1.82) is 0 Å². The Morgan fingerprint density at radius 1 is 1.04 bits per heavy atom. The fourth-order valence-corrected chi connectivity index (χ4v) is 2.71. The number of benzene rings is 1. The van der Waals surface area contributed by atoms with E-state index in [-0.39, 0.29) is 41.7 Å². The molecule has 0 spiro atoms. The van der Waals surface area contributed by atoms with Crippen LogP contribution in [0.15, 0.2) is 30.3 Å². The molecule has 144 valence electrons. The molecule has 0 fully saturated rings. The average molecular weight is 373 g/mol. The van der Waals surface area contributed by atoms with Gasteiger partial charge in [-0.2, -0.15) is 0 Å². The maximum Gasteiger partial charge on any atom is 0.343 e. The van der Waals surface area contributed by atoms with Gasteiger partial charge >= 0.3 is 11.9 Å². The van der Waals surface area contributed by atoms with Gasteiger partial charge in [-0.15, -0.1) is 0 Å². The molecule has 0 aliphatic heterocycles. The maximum atomic E-state index is 12.9. The van der Waals surface area contributed by atoms with Crippen molar-refractivity contribution in [1.82, 2.24) is 4.98 Å². The smallest absolute Gasteiger partial charge is 0.343 e. The van der Waals surface area contributed by atoms with Crippen molar-refractivity contribution in [2.45, 2.75) is 26.7 Å². The Hall–Kier alpha value is -3.09. The number of ketones is 1. The minimum atomic E-state index is -0.810. The number of hydrogen-bond donors (Lipinski definition) is 1. The van der Waals surface area contributed by atoms with Gasteiger partial charge in [0.05, 0.1) is 26.2 Å². The van der Waals surface area contributed by atoms with Gasteiger partial charge in [0.2, 0.25) is 5.78 Å². The third-order valence-corrected chi connectivity index (χ3v) is 4.00. The van der Waals surface area contributed by atoms with Gasteiger partial charge in [0.15, 0.2) is 5.75 Å². The predicted molar refractivity (Wildman–Crippen MR) is 98.2 cm³/mol. The number of carbonyl (C=O) groups excluding carboxylic acids is 3. The van der Waals surface area contributed by atoms with E-state index in [0.29, 0.717) is 5.56 Å². The average Bonchev–Trinajstić information content (AvgIpc) is 3.07. The molecule has 1 heterocycles. The molecule has 1 N–H and O–H groups in total. The molecule has 0 bridgehead atoms. The van der Waals surface area contributed by atoms with E-state index in [2.05, 4.69) is 4.98 Å². The van der Waals surface area contributed by atoms with E-state index < -0.39 is 17.9 Å². The summed E-state index contributed by atoms with van der Waals surface area (Å²) in [7, 11) is 1.35. The molecule has 0 radical (unpaired) electrons.